The smallest absolute Gasteiger partial charge is 0.151 e. The molecule has 0 radical (unpaired) electrons. The third-order valence-electron chi connectivity index (χ3n) is 3.06. The van der Waals surface area contributed by atoms with E-state index in [0.29, 0.717) is 10.6 Å². The molecule has 0 aliphatic heterocycles. The summed E-state index contributed by atoms with van der Waals surface area (Å²) >= 11 is 5.93. The lowest BCUT2D eigenvalue weighted by atomic mass is 10.1. The Morgan fingerprint density at radius 2 is 1.85 bits per heavy atom. The summed E-state index contributed by atoms with van der Waals surface area (Å²) in [5.41, 5.74) is 3.33. The van der Waals surface area contributed by atoms with Crippen LogP contribution in [-0.2, 0) is 0 Å². The quantitative estimate of drug-likeness (QED) is 0.681. The van der Waals surface area contributed by atoms with Gasteiger partial charge in [-0.05, 0) is 29.8 Å². The van der Waals surface area contributed by atoms with Gasteiger partial charge in [0.25, 0.3) is 0 Å². The number of aromatic nitrogens is 2. The van der Waals surface area contributed by atoms with Gasteiger partial charge in [0.05, 0.1) is 16.9 Å². The average Bonchev–Trinajstić information content (AvgIpc) is 2.98. The highest BCUT2D eigenvalue weighted by Gasteiger charge is 2.06. The molecule has 0 unspecified atom stereocenters. The van der Waals surface area contributed by atoms with Gasteiger partial charge in [0.2, 0.25) is 0 Å². The zero-order valence-corrected chi connectivity index (χ0v) is 11.3. The highest BCUT2D eigenvalue weighted by Crippen LogP contribution is 2.24. The number of hydrogen-bond acceptors (Lipinski definition) is 2. The predicted molar refractivity (Wildman–Crippen MR) is 79.4 cm³/mol. The van der Waals surface area contributed by atoms with Crippen molar-refractivity contribution in [3.8, 4) is 16.8 Å². The van der Waals surface area contributed by atoms with Crippen molar-refractivity contribution in [2.75, 3.05) is 0 Å². The first-order chi connectivity index (χ1) is 9.78. The molecule has 1 aromatic heterocycles. The zero-order valence-electron chi connectivity index (χ0n) is 10.5. The number of hydrogen-bond donors (Lipinski definition) is 0. The normalized spacial score (nSPS) is 10.4. The number of benzene rings is 2. The summed E-state index contributed by atoms with van der Waals surface area (Å²) in [6.07, 6.45) is 4.45. The second-order valence-corrected chi connectivity index (χ2v) is 4.77. The van der Waals surface area contributed by atoms with Crippen molar-refractivity contribution in [3.63, 3.8) is 0 Å². The lowest BCUT2D eigenvalue weighted by molar-refractivity contribution is 0.112. The topological polar surface area (TPSA) is 34.9 Å². The number of halogens is 1. The van der Waals surface area contributed by atoms with Crippen molar-refractivity contribution in [1.82, 2.24) is 9.78 Å². The van der Waals surface area contributed by atoms with E-state index >= 15 is 0 Å². The SMILES string of the molecule is O=Cc1cc(-c2cnn(-c3ccccc3)c2)ccc1Cl. The van der Waals surface area contributed by atoms with Gasteiger partial charge < -0.3 is 0 Å². The zero-order chi connectivity index (χ0) is 13.9. The summed E-state index contributed by atoms with van der Waals surface area (Å²) in [7, 11) is 0. The van der Waals surface area contributed by atoms with Crippen LogP contribution in [0.25, 0.3) is 16.8 Å². The molecule has 0 N–H and O–H groups in total. The number of para-hydroxylation sites is 1. The van der Waals surface area contributed by atoms with Crippen LogP contribution in [0.3, 0.4) is 0 Å². The molecule has 3 aromatic rings. The summed E-state index contributed by atoms with van der Waals surface area (Å²) in [4.78, 5) is 10.9. The first kappa shape index (κ1) is 12.6. The molecule has 20 heavy (non-hydrogen) atoms. The van der Waals surface area contributed by atoms with Gasteiger partial charge in [-0.2, -0.15) is 5.10 Å². The summed E-state index contributed by atoms with van der Waals surface area (Å²) in [6.45, 7) is 0. The van der Waals surface area contributed by atoms with E-state index in [0.717, 1.165) is 23.1 Å². The Labute approximate surface area is 121 Å². The van der Waals surface area contributed by atoms with Crippen LogP contribution in [0.5, 0.6) is 0 Å². The number of carbonyl (C=O) groups excluding carboxylic acids is 1. The van der Waals surface area contributed by atoms with Crippen molar-refractivity contribution in [2.45, 2.75) is 0 Å². The molecule has 2 aromatic carbocycles. The minimum absolute atomic E-state index is 0.458. The van der Waals surface area contributed by atoms with Gasteiger partial charge in [0, 0.05) is 17.3 Å². The molecule has 0 saturated heterocycles. The Morgan fingerprint density at radius 1 is 1.05 bits per heavy atom. The summed E-state index contributed by atoms with van der Waals surface area (Å²) in [5, 5.41) is 4.79. The Morgan fingerprint density at radius 3 is 2.60 bits per heavy atom. The van der Waals surface area contributed by atoms with Crippen LogP contribution in [-0.4, -0.2) is 16.1 Å². The molecule has 3 rings (SSSR count). The van der Waals surface area contributed by atoms with Crippen LogP contribution in [0, 0.1) is 0 Å². The van der Waals surface area contributed by atoms with Crippen LogP contribution in [0.2, 0.25) is 5.02 Å². The van der Waals surface area contributed by atoms with Crippen LogP contribution >= 0.6 is 11.6 Å². The monoisotopic (exact) mass is 282 g/mol. The maximum Gasteiger partial charge on any atom is 0.151 e. The van der Waals surface area contributed by atoms with E-state index in [1.54, 1.807) is 23.0 Å². The van der Waals surface area contributed by atoms with E-state index < -0.39 is 0 Å². The summed E-state index contributed by atoms with van der Waals surface area (Å²) < 4.78 is 1.80. The number of rotatable bonds is 3. The first-order valence-corrected chi connectivity index (χ1v) is 6.51. The highest BCUT2D eigenvalue weighted by atomic mass is 35.5. The number of nitrogens with zero attached hydrogens (tertiary/aromatic N) is 2. The molecule has 0 saturated carbocycles. The lowest BCUT2D eigenvalue weighted by Gasteiger charge is -2.01. The summed E-state index contributed by atoms with van der Waals surface area (Å²) in [5.74, 6) is 0. The molecule has 0 aliphatic rings. The van der Waals surface area contributed by atoms with Gasteiger partial charge in [0.1, 0.15) is 0 Å². The first-order valence-electron chi connectivity index (χ1n) is 6.13. The molecule has 1 heterocycles. The van der Waals surface area contributed by atoms with Gasteiger partial charge in [-0.1, -0.05) is 35.9 Å². The van der Waals surface area contributed by atoms with Gasteiger partial charge in [-0.15, -0.1) is 0 Å². The van der Waals surface area contributed by atoms with Crippen LogP contribution < -0.4 is 0 Å². The average molecular weight is 283 g/mol. The van der Waals surface area contributed by atoms with E-state index in [1.807, 2.05) is 42.6 Å². The highest BCUT2D eigenvalue weighted by molar-refractivity contribution is 6.33. The maximum absolute atomic E-state index is 10.9. The van der Waals surface area contributed by atoms with Crippen molar-refractivity contribution in [3.05, 3.63) is 71.5 Å². The molecule has 98 valence electrons. The number of carbonyl (C=O) groups is 1. The third-order valence-corrected chi connectivity index (χ3v) is 3.40. The Bertz CT molecular complexity index is 750. The van der Waals surface area contributed by atoms with Gasteiger partial charge in [0.15, 0.2) is 6.29 Å². The molecule has 0 aliphatic carbocycles. The van der Waals surface area contributed by atoms with E-state index in [1.165, 1.54) is 0 Å². The minimum Gasteiger partial charge on any atom is -0.298 e. The van der Waals surface area contributed by atoms with Crippen LogP contribution in [0.4, 0.5) is 0 Å². The van der Waals surface area contributed by atoms with Gasteiger partial charge in [-0.3, -0.25) is 4.79 Å². The maximum atomic E-state index is 10.9. The fraction of sp³-hybridized carbons (Fsp3) is 0. The lowest BCUT2D eigenvalue weighted by Crippen LogP contribution is -1.92. The largest absolute Gasteiger partial charge is 0.298 e. The molecule has 4 heteroatoms. The summed E-state index contributed by atoms with van der Waals surface area (Å²) in [6, 6.07) is 15.2. The van der Waals surface area contributed by atoms with Crippen LogP contribution in [0.1, 0.15) is 10.4 Å². The van der Waals surface area contributed by atoms with Crippen LogP contribution in [0.15, 0.2) is 60.9 Å². The molecule has 0 spiro atoms. The Hall–Kier alpha value is -2.39. The standard InChI is InChI=1S/C16H11ClN2O/c17-16-7-6-12(8-13(16)11-20)14-9-18-19(10-14)15-4-2-1-3-5-15/h1-11H. The molecule has 0 fully saturated rings. The fourth-order valence-corrected chi connectivity index (χ4v) is 2.17. The van der Waals surface area contributed by atoms with E-state index in [2.05, 4.69) is 5.10 Å². The fourth-order valence-electron chi connectivity index (χ4n) is 2.01. The molecule has 0 atom stereocenters. The molecule has 0 amide bonds. The van der Waals surface area contributed by atoms with Crippen molar-refractivity contribution >= 4 is 17.9 Å². The molecule has 3 nitrogen and oxygen atoms in total. The molecule has 0 bridgehead atoms. The third kappa shape index (κ3) is 2.36. The molecular weight excluding hydrogens is 272 g/mol. The van der Waals surface area contributed by atoms with Gasteiger partial charge in [-0.25, -0.2) is 4.68 Å². The second-order valence-electron chi connectivity index (χ2n) is 4.36. The van der Waals surface area contributed by atoms with E-state index in [-0.39, 0.29) is 0 Å². The van der Waals surface area contributed by atoms with Crippen molar-refractivity contribution in [2.24, 2.45) is 0 Å². The minimum atomic E-state index is 0.458. The molecular formula is C16H11ClN2O. The number of aldehydes is 1. The van der Waals surface area contributed by atoms with E-state index in [9.17, 15) is 4.79 Å². The van der Waals surface area contributed by atoms with Crippen molar-refractivity contribution in [1.29, 1.82) is 0 Å². The Balaban J connectivity index is 2.00. The van der Waals surface area contributed by atoms with Crippen molar-refractivity contribution < 1.29 is 4.79 Å². The second kappa shape index (κ2) is 5.31. The Kier molecular flexibility index (Phi) is 3.35. The predicted octanol–water partition coefficient (Wildman–Crippen LogP) is 4.01. The van der Waals surface area contributed by atoms with Gasteiger partial charge >= 0.3 is 0 Å². The van der Waals surface area contributed by atoms with E-state index in [4.69, 9.17) is 11.6 Å².